The molecule has 2 fully saturated rings. The molecule has 178 valence electrons. The maximum Gasteiger partial charge on any atom is 0.254 e. The van der Waals surface area contributed by atoms with Crippen LogP contribution in [0.25, 0.3) is 0 Å². The van der Waals surface area contributed by atoms with Crippen molar-refractivity contribution in [1.29, 1.82) is 0 Å². The van der Waals surface area contributed by atoms with Gasteiger partial charge in [-0.3, -0.25) is 14.9 Å². The minimum atomic E-state index is -0.384. The van der Waals surface area contributed by atoms with Crippen LogP contribution in [0.2, 0.25) is 0 Å². The molecule has 0 bridgehead atoms. The van der Waals surface area contributed by atoms with Crippen molar-refractivity contribution in [2.24, 2.45) is 4.99 Å². The molecule has 5 rings (SSSR count). The summed E-state index contributed by atoms with van der Waals surface area (Å²) in [5, 5.41) is 2.91. The molecular weight excluding hydrogens is 428 g/mol. The summed E-state index contributed by atoms with van der Waals surface area (Å²) in [6.07, 6.45) is 7.19. The molecule has 2 aromatic rings. The maximum atomic E-state index is 12.6. The van der Waals surface area contributed by atoms with Gasteiger partial charge in [0.15, 0.2) is 0 Å². The minimum Gasteiger partial charge on any atom is -0.494 e. The van der Waals surface area contributed by atoms with Crippen molar-refractivity contribution in [1.82, 2.24) is 15.1 Å². The van der Waals surface area contributed by atoms with Crippen LogP contribution in [-0.2, 0) is 16.1 Å². The zero-order chi connectivity index (χ0) is 23.5. The molecule has 1 atom stereocenters. The first-order chi connectivity index (χ1) is 16.6. The SMILES string of the molecule is CN(C(=O)CCCOc1ccc2c(c1)CN1C(=N2)NC(=O)[C@H]1c1ccccc1)C1CCCCC1. The molecule has 1 aliphatic carbocycles. The third-order valence-corrected chi connectivity index (χ3v) is 7.12. The minimum absolute atomic E-state index is 0.0582. The van der Waals surface area contributed by atoms with Crippen LogP contribution in [0.15, 0.2) is 53.5 Å². The highest BCUT2D eigenvalue weighted by atomic mass is 16.5. The van der Waals surface area contributed by atoms with Gasteiger partial charge in [-0.05, 0) is 43.0 Å². The van der Waals surface area contributed by atoms with Crippen molar-refractivity contribution in [3.63, 3.8) is 0 Å². The van der Waals surface area contributed by atoms with E-state index in [2.05, 4.69) is 10.3 Å². The molecule has 1 saturated carbocycles. The normalized spacial score (nSPS) is 19.7. The van der Waals surface area contributed by atoms with Crippen LogP contribution < -0.4 is 10.1 Å². The van der Waals surface area contributed by atoms with E-state index in [-0.39, 0.29) is 17.9 Å². The van der Waals surface area contributed by atoms with Crippen LogP contribution in [0.1, 0.15) is 62.1 Å². The Labute approximate surface area is 200 Å². The number of carbonyl (C=O) groups excluding carboxylic acids is 2. The predicted octanol–water partition coefficient (Wildman–Crippen LogP) is 4.31. The van der Waals surface area contributed by atoms with E-state index in [0.29, 0.717) is 38.0 Å². The lowest BCUT2D eigenvalue weighted by atomic mass is 9.94. The highest BCUT2D eigenvalue weighted by molar-refractivity contribution is 6.08. The molecule has 2 aliphatic heterocycles. The van der Waals surface area contributed by atoms with Gasteiger partial charge in [0.05, 0.1) is 12.3 Å². The first kappa shape index (κ1) is 22.4. The summed E-state index contributed by atoms with van der Waals surface area (Å²) < 4.78 is 5.97. The number of ether oxygens (including phenoxy) is 1. The molecule has 7 nitrogen and oxygen atoms in total. The summed E-state index contributed by atoms with van der Waals surface area (Å²) in [7, 11) is 1.94. The molecule has 0 spiro atoms. The quantitative estimate of drug-likeness (QED) is 0.625. The van der Waals surface area contributed by atoms with E-state index in [1.165, 1.54) is 19.3 Å². The van der Waals surface area contributed by atoms with Crippen molar-refractivity contribution in [3.8, 4) is 5.75 Å². The van der Waals surface area contributed by atoms with Crippen molar-refractivity contribution in [2.75, 3.05) is 13.7 Å². The Kier molecular flexibility index (Phi) is 6.52. The second-order valence-electron chi connectivity index (χ2n) is 9.40. The number of rotatable bonds is 7. The van der Waals surface area contributed by atoms with Gasteiger partial charge in [0, 0.05) is 31.6 Å². The van der Waals surface area contributed by atoms with Crippen LogP contribution in [0, 0.1) is 0 Å². The average molecular weight is 461 g/mol. The van der Waals surface area contributed by atoms with E-state index in [1.807, 2.05) is 65.4 Å². The molecule has 7 heteroatoms. The van der Waals surface area contributed by atoms with Gasteiger partial charge in [-0.25, -0.2) is 4.99 Å². The van der Waals surface area contributed by atoms with E-state index in [9.17, 15) is 9.59 Å². The second-order valence-corrected chi connectivity index (χ2v) is 9.40. The summed E-state index contributed by atoms with van der Waals surface area (Å²) in [6, 6.07) is 15.6. The lowest BCUT2D eigenvalue weighted by Gasteiger charge is -2.31. The van der Waals surface area contributed by atoms with Gasteiger partial charge in [-0.1, -0.05) is 49.6 Å². The number of amides is 2. The monoisotopic (exact) mass is 460 g/mol. The zero-order valence-corrected chi connectivity index (χ0v) is 19.7. The highest BCUT2D eigenvalue weighted by Gasteiger charge is 2.40. The zero-order valence-electron chi connectivity index (χ0n) is 19.7. The number of fused-ring (bicyclic) bond motifs is 2. The van der Waals surface area contributed by atoms with Gasteiger partial charge >= 0.3 is 0 Å². The molecular formula is C27H32N4O3. The Bertz CT molecular complexity index is 1080. The van der Waals surface area contributed by atoms with Gasteiger partial charge < -0.3 is 14.5 Å². The van der Waals surface area contributed by atoms with Gasteiger partial charge in [0.2, 0.25) is 11.9 Å². The Morgan fingerprint density at radius 2 is 1.94 bits per heavy atom. The second kappa shape index (κ2) is 9.87. The van der Waals surface area contributed by atoms with Gasteiger partial charge in [-0.2, -0.15) is 0 Å². The smallest absolute Gasteiger partial charge is 0.254 e. The summed E-state index contributed by atoms with van der Waals surface area (Å²) in [5.41, 5.74) is 2.81. The summed E-state index contributed by atoms with van der Waals surface area (Å²) in [6.45, 7) is 1.07. The van der Waals surface area contributed by atoms with Crippen molar-refractivity contribution in [2.45, 2.75) is 63.6 Å². The molecule has 2 heterocycles. The maximum absolute atomic E-state index is 12.6. The fourth-order valence-corrected chi connectivity index (χ4v) is 5.19. The number of hydrogen-bond acceptors (Lipinski definition) is 5. The average Bonchev–Trinajstić information content (AvgIpc) is 3.19. The lowest BCUT2D eigenvalue weighted by Crippen LogP contribution is -2.38. The summed E-state index contributed by atoms with van der Waals surface area (Å²) in [4.78, 5) is 33.8. The molecule has 34 heavy (non-hydrogen) atoms. The molecule has 1 N–H and O–H groups in total. The van der Waals surface area contributed by atoms with Crippen molar-refractivity contribution in [3.05, 3.63) is 59.7 Å². The van der Waals surface area contributed by atoms with Crippen LogP contribution in [0.5, 0.6) is 5.75 Å². The van der Waals surface area contributed by atoms with E-state index in [1.54, 1.807) is 0 Å². The molecule has 2 amide bonds. The van der Waals surface area contributed by atoms with E-state index < -0.39 is 0 Å². The molecule has 0 unspecified atom stereocenters. The van der Waals surface area contributed by atoms with E-state index in [4.69, 9.17) is 4.74 Å². The number of carbonyl (C=O) groups is 2. The van der Waals surface area contributed by atoms with E-state index in [0.717, 1.165) is 35.4 Å². The number of nitrogens with one attached hydrogen (secondary N) is 1. The van der Waals surface area contributed by atoms with Crippen molar-refractivity contribution < 1.29 is 14.3 Å². The molecule has 3 aliphatic rings. The third kappa shape index (κ3) is 4.65. The molecule has 2 aromatic carbocycles. The van der Waals surface area contributed by atoms with Gasteiger partial charge in [-0.15, -0.1) is 0 Å². The lowest BCUT2D eigenvalue weighted by molar-refractivity contribution is -0.132. The molecule has 0 radical (unpaired) electrons. The van der Waals surface area contributed by atoms with Gasteiger partial charge in [0.1, 0.15) is 11.8 Å². The first-order valence-electron chi connectivity index (χ1n) is 12.3. The highest BCUT2D eigenvalue weighted by Crippen LogP contribution is 2.36. The summed E-state index contributed by atoms with van der Waals surface area (Å²) >= 11 is 0. The number of hydrogen-bond donors (Lipinski definition) is 1. The van der Waals surface area contributed by atoms with Crippen LogP contribution in [-0.4, -0.2) is 47.3 Å². The number of aliphatic imine (C=N–C) groups is 1. The van der Waals surface area contributed by atoms with E-state index >= 15 is 0 Å². The standard InChI is InChI=1S/C27H32N4O3/c1-30(21-11-6-3-7-12-21)24(32)13-8-16-34-22-14-15-23-20(17-22)18-31-25(19-9-4-2-5-10-19)26(33)29-27(31)28-23/h2,4-5,9-10,14-15,17,21,25H,3,6-8,11-13,16,18H2,1H3,(H,28,29,33)/t25-/m1/s1. The van der Waals surface area contributed by atoms with Crippen molar-refractivity contribution >= 4 is 23.5 Å². The fourth-order valence-electron chi connectivity index (χ4n) is 5.19. The molecule has 1 saturated heterocycles. The Morgan fingerprint density at radius 1 is 1.15 bits per heavy atom. The fraction of sp³-hybridized carbons (Fsp3) is 0.444. The number of nitrogens with zero attached hydrogens (tertiary/aromatic N) is 3. The number of benzene rings is 2. The Morgan fingerprint density at radius 3 is 2.74 bits per heavy atom. The number of guanidine groups is 1. The largest absolute Gasteiger partial charge is 0.494 e. The molecule has 0 aromatic heterocycles. The topological polar surface area (TPSA) is 74.2 Å². The Balaban J connectivity index is 1.17. The predicted molar refractivity (Wildman–Crippen MR) is 131 cm³/mol. The summed E-state index contributed by atoms with van der Waals surface area (Å²) in [5.74, 6) is 1.51. The van der Waals surface area contributed by atoms with Crippen LogP contribution in [0.4, 0.5) is 5.69 Å². The van der Waals surface area contributed by atoms with Gasteiger partial charge in [0.25, 0.3) is 5.91 Å². The first-order valence-corrected chi connectivity index (χ1v) is 12.3. The third-order valence-electron chi connectivity index (χ3n) is 7.12. The van der Waals surface area contributed by atoms with Crippen LogP contribution >= 0.6 is 0 Å². The van der Waals surface area contributed by atoms with Crippen LogP contribution in [0.3, 0.4) is 0 Å². The Hall–Kier alpha value is -3.35.